The van der Waals surface area contributed by atoms with E-state index in [2.05, 4.69) is 6.92 Å². The fourth-order valence-corrected chi connectivity index (χ4v) is 7.99. The largest absolute Gasteiger partial charge is 0.417 e. The van der Waals surface area contributed by atoms with Gasteiger partial charge in [-0.2, -0.15) is 13.2 Å². The average molecular weight is 400 g/mol. The summed E-state index contributed by atoms with van der Waals surface area (Å²) in [7, 11) is 0. The van der Waals surface area contributed by atoms with E-state index >= 15 is 0 Å². The van der Waals surface area contributed by atoms with Crippen molar-refractivity contribution in [1.82, 2.24) is 0 Å². The van der Waals surface area contributed by atoms with Gasteiger partial charge in [-0.1, -0.05) is 13.8 Å². The molecule has 0 spiro atoms. The Morgan fingerprint density at radius 1 is 1.07 bits per heavy atom. The van der Waals surface area contributed by atoms with Crippen LogP contribution in [0.3, 0.4) is 0 Å². The molecule has 4 fully saturated rings. The molecular formula is C22H31F3O3. The molecule has 4 saturated carbocycles. The first-order valence-electron chi connectivity index (χ1n) is 10.7. The summed E-state index contributed by atoms with van der Waals surface area (Å²) in [6.45, 7) is 5.69. The maximum Gasteiger partial charge on any atom is 0.417 e. The number of Topliss-reactive ketones (excluding diaryl/α,β-unsaturated/α-hetero) is 2. The third-order valence-electron chi connectivity index (χ3n) is 9.43. The van der Waals surface area contributed by atoms with Crippen LogP contribution < -0.4 is 0 Å². The van der Waals surface area contributed by atoms with Gasteiger partial charge in [0.05, 0.1) is 0 Å². The molecule has 8 atom stereocenters. The molecule has 0 aliphatic heterocycles. The summed E-state index contributed by atoms with van der Waals surface area (Å²) in [6, 6.07) is 0. The first-order chi connectivity index (χ1) is 12.8. The van der Waals surface area contributed by atoms with Crippen molar-refractivity contribution in [3.8, 4) is 0 Å². The monoisotopic (exact) mass is 400 g/mol. The van der Waals surface area contributed by atoms with Crippen molar-refractivity contribution in [2.24, 2.45) is 40.4 Å². The van der Waals surface area contributed by atoms with Crippen LogP contribution in [0.2, 0.25) is 0 Å². The van der Waals surface area contributed by atoms with Gasteiger partial charge in [-0.25, -0.2) is 0 Å². The minimum Gasteiger partial charge on any atom is -0.380 e. The zero-order valence-electron chi connectivity index (χ0n) is 16.9. The number of carbonyl (C=O) groups excluding carboxylic acids is 2. The van der Waals surface area contributed by atoms with Gasteiger partial charge in [0.15, 0.2) is 5.60 Å². The molecule has 0 amide bonds. The van der Waals surface area contributed by atoms with Crippen LogP contribution in [0, 0.1) is 40.4 Å². The molecule has 0 aromatic heterocycles. The molecule has 0 heterocycles. The van der Waals surface area contributed by atoms with Gasteiger partial charge in [0.1, 0.15) is 11.6 Å². The molecular weight excluding hydrogens is 369 g/mol. The van der Waals surface area contributed by atoms with Crippen LogP contribution in [0.1, 0.15) is 72.1 Å². The van der Waals surface area contributed by atoms with E-state index in [1.807, 2.05) is 6.92 Å². The normalized spacial score (nSPS) is 51.2. The molecule has 1 N–H and O–H groups in total. The fraction of sp³-hybridized carbons (Fsp3) is 0.909. The minimum atomic E-state index is -4.62. The van der Waals surface area contributed by atoms with E-state index in [0.29, 0.717) is 18.8 Å². The molecule has 0 radical (unpaired) electrons. The van der Waals surface area contributed by atoms with Crippen molar-refractivity contribution in [2.75, 3.05) is 0 Å². The van der Waals surface area contributed by atoms with Gasteiger partial charge in [0.2, 0.25) is 0 Å². The lowest BCUT2D eigenvalue weighted by molar-refractivity contribution is -0.288. The summed E-state index contributed by atoms with van der Waals surface area (Å²) in [5.74, 6) is 0.166. The Hall–Kier alpha value is -0.910. The SMILES string of the molecule is CC(=O)[C@H]1CC[C@H]2[C@@H]3CC[C@@H]4C[C@@](O)(C(F)(F)F)CC[C@]4(C)[C@H]3C(=O)C[C@]12C. The number of halogens is 3. The van der Waals surface area contributed by atoms with E-state index in [1.165, 1.54) is 0 Å². The van der Waals surface area contributed by atoms with Crippen LogP contribution in [-0.2, 0) is 9.59 Å². The third-order valence-corrected chi connectivity index (χ3v) is 9.43. The average Bonchev–Trinajstić information content (AvgIpc) is 2.91. The van der Waals surface area contributed by atoms with E-state index in [1.54, 1.807) is 6.92 Å². The highest BCUT2D eigenvalue weighted by molar-refractivity contribution is 5.87. The predicted molar refractivity (Wildman–Crippen MR) is 97.3 cm³/mol. The van der Waals surface area contributed by atoms with Gasteiger partial charge >= 0.3 is 6.18 Å². The van der Waals surface area contributed by atoms with Gasteiger partial charge in [-0.05, 0) is 80.5 Å². The van der Waals surface area contributed by atoms with Gasteiger partial charge in [-0.15, -0.1) is 0 Å². The maximum atomic E-state index is 13.4. The highest BCUT2D eigenvalue weighted by atomic mass is 19.4. The number of alkyl halides is 3. The summed E-state index contributed by atoms with van der Waals surface area (Å²) in [4.78, 5) is 25.6. The molecule has 0 aromatic rings. The molecule has 6 heteroatoms. The van der Waals surface area contributed by atoms with Gasteiger partial charge in [0.25, 0.3) is 0 Å². The number of aliphatic hydroxyl groups is 1. The second-order valence-electron chi connectivity index (χ2n) is 10.7. The van der Waals surface area contributed by atoms with Crippen molar-refractivity contribution in [3.05, 3.63) is 0 Å². The smallest absolute Gasteiger partial charge is 0.380 e. The molecule has 4 rings (SSSR count). The molecule has 4 aliphatic rings. The number of hydrogen-bond acceptors (Lipinski definition) is 3. The molecule has 0 unspecified atom stereocenters. The van der Waals surface area contributed by atoms with Crippen LogP contribution in [0.5, 0.6) is 0 Å². The van der Waals surface area contributed by atoms with Crippen LogP contribution in [0.25, 0.3) is 0 Å². The Morgan fingerprint density at radius 2 is 1.75 bits per heavy atom. The van der Waals surface area contributed by atoms with E-state index in [0.717, 1.165) is 19.3 Å². The number of hydrogen-bond donors (Lipinski definition) is 1. The highest BCUT2D eigenvalue weighted by Crippen LogP contribution is 2.67. The number of rotatable bonds is 1. The Balaban J connectivity index is 1.65. The lowest BCUT2D eigenvalue weighted by Crippen LogP contribution is -2.61. The quantitative estimate of drug-likeness (QED) is 0.694. The van der Waals surface area contributed by atoms with Crippen LogP contribution in [0.4, 0.5) is 13.2 Å². The second kappa shape index (κ2) is 6.05. The van der Waals surface area contributed by atoms with Gasteiger partial charge < -0.3 is 5.11 Å². The fourth-order valence-electron chi connectivity index (χ4n) is 7.99. The first-order valence-corrected chi connectivity index (χ1v) is 10.7. The Labute approximate surface area is 164 Å². The Bertz CT molecular complexity index is 704. The lowest BCUT2D eigenvalue weighted by atomic mass is 9.43. The summed E-state index contributed by atoms with van der Waals surface area (Å²) in [5, 5.41) is 10.3. The molecule has 0 bridgehead atoms. The van der Waals surface area contributed by atoms with E-state index in [-0.39, 0.29) is 59.9 Å². The number of carbonyl (C=O) groups is 2. The number of ketones is 2. The van der Waals surface area contributed by atoms with Crippen molar-refractivity contribution >= 4 is 11.6 Å². The molecule has 158 valence electrons. The van der Waals surface area contributed by atoms with Crippen molar-refractivity contribution in [3.63, 3.8) is 0 Å². The molecule has 28 heavy (non-hydrogen) atoms. The molecule has 0 saturated heterocycles. The Kier molecular flexibility index (Phi) is 4.40. The van der Waals surface area contributed by atoms with E-state index in [4.69, 9.17) is 0 Å². The minimum absolute atomic E-state index is 0.0744. The van der Waals surface area contributed by atoms with Gasteiger partial charge in [-0.3, -0.25) is 9.59 Å². The van der Waals surface area contributed by atoms with Crippen molar-refractivity contribution in [2.45, 2.75) is 83.9 Å². The standard InChI is InChI=1S/C22H31F3O3/c1-12(26)15-6-7-16-14-5-4-13-10-21(28,22(23,24)25)9-8-19(13,2)18(14)17(27)11-20(15,16)3/h13-16,18,28H,4-11H2,1-3H3/t13-,14+,15-,16+,18-,19+,20-,21-/m1/s1. The summed E-state index contributed by atoms with van der Waals surface area (Å²) in [6.07, 6.45) is -1.52. The van der Waals surface area contributed by atoms with Crippen molar-refractivity contribution in [1.29, 1.82) is 0 Å². The second-order valence-corrected chi connectivity index (χ2v) is 10.7. The van der Waals surface area contributed by atoms with Gasteiger partial charge in [0, 0.05) is 18.3 Å². The van der Waals surface area contributed by atoms with E-state index in [9.17, 15) is 27.9 Å². The topological polar surface area (TPSA) is 54.4 Å². The first kappa shape index (κ1) is 20.4. The number of fused-ring (bicyclic) bond motifs is 5. The third kappa shape index (κ3) is 2.58. The van der Waals surface area contributed by atoms with E-state index < -0.39 is 17.2 Å². The summed E-state index contributed by atoms with van der Waals surface area (Å²) in [5.41, 5.74) is -3.40. The Morgan fingerprint density at radius 3 is 2.36 bits per heavy atom. The van der Waals surface area contributed by atoms with Crippen molar-refractivity contribution < 1.29 is 27.9 Å². The van der Waals surface area contributed by atoms with Crippen LogP contribution >= 0.6 is 0 Å². The summed E-state index contributed by atoms with van der Waals surface area (Å²) >= 11 is 0. The predicted octanol–water partition coefficient (Wildman–Crippen LogP) is 4.71. The van der Waals surface area contributed by atoms with Crippen LogP contribution in [-0.4, -0.2) is 28.5 Å². The maximum absolute atomic E-state index is 13.4. The van der Waals surface area contributed by atoms with Crippen LogP contribution in [0.15, 0.2) is 0 Å². The zero-order chi connectivity index (χ0) is 20.7. The zero-order valence-corrected chi connectivity index (χ0v) is 16.9. The molecule has 3 nitrogen and oxygen atoms in total. The molecule has 0 aromatic carbocycles. The highest BCUT2D eigenvalue weighted by Gasteiger charge is 2.67. The summed E-state index contributed by atoms with van der Waals surface area (Å²) < 4.78 is 40.2. The lowest BCUT2D eigenvalue weighted by Gasteiger charge is -2.61. The molecule has 4 aliphatic carbocycles.